The lowest BCUT2D eigenvalue weighted by molar-refractivity contribution is -0.116. The highest BCUT2D eigenvalue weighted by Gasteiger charge is 2.27. The quantitative estimate of drug-likeness (QED) is 0.357. The van der Waals surface area contributed by atoms with Crippen molar-refractivity contribution in [2.45, 2.75) is 31.2 Å². The first-order valence-electron chi connectivity index (χ1n) is 11.4. The minimum Gasteiger partial charge on any atom is -0.345 e. The Morgan fingerprint density at radius 2 is 1.68 bits per heavy atom. The van der Waals surface area contributed by atoms with Crippen molar-refractivity contribution in [3.05, 3.63) is 102 Å². The van der Waals surface area contributed by atoms with Crippen LogP contribution < -0.4 is 10.6 Å². The highest BCUT2D eigenvalue weighted by molar-refractivity contribution is 5.96. The molecule has 2 amide bonds. The summed E-state index contributed by atoms with van der Waals surface area (Å²) in [6, 6.07) is 25.5. The minimum absolute atomic E-state index is 0.0965. The molecule has 4 aromatic rings. The highest BCUT2D eigenvalue weighted by atomic mass is 16.2. The largest absolute Gasteiger partial charge is 0.345 e. The average molecular weight is 452 g/mol. The Kier molecular flexibility index (Phi) is 6.16. The van der Waals surface area contributed by atoms with Gasteiger partial charge in [-0.05, 0) is 42.7 Å². The van der Waals surface area contributed by atoms with E-state index in [-0.39, 0.29) is 18.2 Å². The Labute approximate surface area is 197 Å². The Morgan fingerprint density at radius 3 is 2.41 bits per heavy atom. The van der Waals surface area contributed by atoms with E-state index >= 15 is 0 Å². The van der Waals surface area contributed by atoms with E-state index in [2.05, 4.69) is 25.8 Å². The van der Waals surface area contributed by atoms with Gasteiger partial charge in [-0.25, -0.2) is 4.98 Å². The fraction of sp³-hybridized carbons (Fsp3) is 0.185. The first kappa shape index (κ1) is 21.6. The van der Waals surface area contributed by atoms with E-state index in [1.54, 1.807) is 12.1 Å². The summed E-state index contributed by atoms with van der Waals surface area (Å²) in [6.45, 7) is 0. The van der Waals surface area contributed by atoms with Crippen molar-refractivity contribution in [1.29, 1.82) is 0 Å². The molecule has 7 nitrogen and oxygen atoms in total. The second kappa shape index (κ2) is 9.70. The van der Waals surface area contributed by atoms with Crippen LogP contribution in [0.2, 0.25) is 0 Å². The van der Waals surface area contributed by atoms with E-state index in [0.717, 1.165) is 29.8 Å². The number of carbonyl (C=O) groups excluding carboxylic acids is 2. The first-order valence-corrected chi connectivity index (χ1v) is 11.4. The van der Waals surface area contributed by atoms with Crippen LogP contribution in [-0.2, 0) is 4.79 Å². The third-order valence-corrected chi connectivity index (χ3v) is 5.80. The van der Waals surface area contributed by atoms with Crippen LogP contribution in [0.1, 0.15) is 53.0 Å². The molecular weight excluding hydrogens is 426 g/mol. The van der Waals surface area contributed by atoms with Gasteiger partial charge < -0.3 is 10.6 Å². The molecule has 1 unspecified atom stereocenters. The molecule has 7 heteroatoms. The maximum absolute atomic E-state index is 13.0. The van der Waals surface area contributed by atoms with Crippen molar-refractivity contribution in [3.63, 3.8) is 0 Å². The third-order valence-electron chi connectivity index (χ3n) is 5.80. The summed E-state index contributed by atoms with van der Waals surface area (Å²) >= 11 is 0. The summed E-state index contributed by atoms with van der Waals surface area (Å²) in [6.07, 6.45) is 2.39. The Hall–Kier alpha value is -4.26. The number of rotatable bonds is 8. The van der Waals surface area contributed by atoms with Crippen LogP contribution in [0.15, 0.2) is 84.9 Å². The number of anilines is 1. The van der Waals surface area contributed by atoms with Crippen molar-refractivity contribution in [1.82, 2.24) is 20.5 Å². The Bertz CT molecular complexity index is 1280. The molecule has 1 aliphatic carbocycles. The normalized spacial score (nSPS) is 13.8. The molecule has 1 heterocycles. The molecule has 1 aromatic heterocycles. The SMILES string of the molecule is O=C(CC(NC(=O)c1ccccc1)c1ccccc1)Nc1cccc(-c2n[nH]c(C3CC3)n2)c1. The van der Waals surface area contributed by atoms with Crippen molar-refractivity contribution < 1.29 is 9.59 Å². The smallest absolute Gasteiger partial charge is 0.251 e. The zero-order valence-electron chi connectivity index (χ0n) is 18.6. The molecule has 170 valence electrons. The monoisotopic (exact) mass is 451 g/mol. The number of amides is 2. The summed E-state index contributed by atoms with van der Waals surface area (Å²) in [5.41, 5.74) is 2.90. The Balaban J connectivity index is 1.29. The summed E-state index contributed by atoms with van der Waals surface area (Å²) in [7, 11) is 0. The maximum Gasteiger partial charge on any atom is 0.251 e. The predicted octanol–water partition coefficient (Wildman–Crippen LogP) is 4.85. The number of aromatic amines is 1. The van der Waals surface area contributed by atoms with Gasteiger partial charge in [0.1, 0.15) is 5.82 Å². The number of hydrogen-bond donors (Lipinski definition) is 3. The number of nitrogens with zero attached hydrogens (tertiary/aromatic N) is 2. The van der Waals surface area contributed by atoms with E-state index < -0.39 is 6.04 Å². The molecule has 0 spiro atoms. The average Bonchev–Trinajstić information content (AvgIpc) is 3.61. The molecule has 3 N–H and O–H groups in total. The summed E-state index contributed by atoms with van der Waals surface area (Å²) in [5.74, 6) is 1.61. The second-order valence-electron chi connectivity index (χ2n) is 8.45. The number of nitrogens with one attached hydrogen (secondary N) is 3. The van der Waals surface area contributed by atoms with E-state index in [1.807, 2.05) is 72.8 Å². The molecule has 5 rings (SSSR count). The number of aromatic nitrogens is 3. The van der Waals surface area contributed by atoms with Gasteiger partial charge in [-0.1, -0.05) is 60.7 Å². The fourth-order valence-corrected chi connectivity index (χ4v) is 3.84. The van der Waals surface area contributed by atoms with Crippen LogP contribution in [0.25, 0.3) is 11.4 Å². The van der Waals surface area contributed by atoms with E-state index in [1.165, 1.54) is 0 Å². The van der Waals surface area contributed by atoms with Gasteiger partial charge in [-0.15, -0.1) is 0 Å². The topological polar surface area (TPSA) is 99.8 Å². The molecule has 1 aliphatic rings. The molecule has 3 aromatic carbocycles. The van der Waals surface area contributed by atoms with Crippen molar-refractivity contribution >= 4 is 17.5 Å². The lowest BCUT2D eigenvalue weighted by Crippen LogP contribution is -2.31. The van der Waals surface area contributed by atoms with Gasteiger partial charge >= 0.3 is 0 Å². The molecule has 0 saturated heterocycles. The Morgan fingerprint density at radius 1 is 0.941 bits per heavy atom. The number of carbonyl (C=O) groups is 2. The molecule has 0 radical (unpaired) electrons. The van der Waals surface area contributed by atoms with Gasteiger partial charge in [0.25, 0.3) is 5.91 Å². The second-order valence-corrected chi connectivity index (χ2v) is 8.45. The van der Waals surface area contributed by atoms with Crippen molar-refractivity contribution in [2.24, 2.45) is 0 Å². The first-order chi connectivity index (χ1) is 16.7. The van der Waals surface area contributed by atoms with E-state index in [0.29, 0.717) is 23.0 Å². The van der Waals surface area contributed by atoms with Crippen LogP contribution in [0, 0.1) is 0 Å². The maximum atomic E-state index is 13.0. The molecule has 1 atom stereocenters. The zero-order valence-corrected chi connectivity index (χ0v) is 18.6. The van der Waals surface area contributed by atoms with Gasteiger partial charge in [0.2, 0.25) is 5.91 Å². The lowest BCUT2D eigenvalue weighted by atomic mass is 10.0. The van der Waals surface area contributed by atoms with E-state index in [4.69, 9.17) is 0 Å². The van der Waals surface area contributed by atoms with Crippen LogP contribution in [0.5, 0.6) is 0 Å². The number of benzene rings is 3. The minimum atomic E-state index is -0.466. The van der Waals surface area contributed by atoms with Crippen LogP contribution in [0.4, 0.5) is 5.69 Å². The predicted molar refractivity (Wildman–Crippen MR) is 130 cm³/mol. The summed E-state index contributed by atoms with van der Waals surface area (Å²) in [5, 5.41) is 13.3. The van der Waals surface area contributed by atoms with Crippen LogP contribution >= 0.6 is 0 Å². The molecule has 34 heavy (non-hydrogen) atoms. The van der Waals surface area contributed by atoms with Gasteiger partial charge in [0.05, 0.1) is 12.5 Å². The molecular formula is C27H25N5O2. The van der Waals surface area contributed by atoms with E-state index in [9.17, 15) is 9.59 Å². The standard InChI is InChI=1S/C27H25N5O2/c33-24(28-22-13-7-12-21(16-22)26-30-25(31-32-26)19-14-15-19)17-23(18-8-3-1-4-9-18)29-27(34)20-10-5-2-6-11-20/h1-13,16,19,23H,14-15,17H2,(H,28,33)(H,29,34)(H,30,31,32). The molecule has 1 saturated carbocycles. The van der Waals surface area contributed by atoms with Crippen molar-refractivity contribution in [2.75, 3.05) is 5.32 Å². The number of hydrogen-bond acceptors (Lipinski definition) is 4. The summed E-state index contributed by atoms with van der Waals surface area (Å²) in [4.78, 5) is 30.3. The van der Waals surface area contributed by atoms with Crippen molar-refractivity contribution in [3.8, 4) is 11.4 Å². The fourth-order valence-electron chi connectivity index (χ4n) is 3.84. The third kappa shape index (κ3) is 5.20. The lowest BCUT2D eigenvalue weighted by Gasteiger charge is -2.19. The highest BCUT2D eigenvalue weighted by Crippen LogP contribution is 2.38. The van der Waals surface area contributed by atoms with Gasteiger partial charge in [0, 0.05) is 22.7 Å². The molecule has 0 bridgehead atoms. The van der Waals surface area contributed by atoms with Gasteiger partial charge in [-0.2, -0.15) is 5.10 Å². The zero-order chi connectivity index (χ0) is 23.3. The molecule has 0 aliphatic heterocycles. The van der Waals surface area contributed by atoms with Gasteiger partial charge in [0.15, 0.2) is 5.82 Å². The van der Waals surface area contributed by atoms with Crippen LogP contribution in [-0.4, -0.2) is 27.0 Å². The van der Waals surface area contributed by atoms with Crippen LogP contribution in [0.3, 0.4) is 0 Å². The molecule has 1 fully saturated rings. The summed E-state index contributed by atoms with van der Waals surface area (Å²) < 4.78 is 0. The number of H-pyrrole nitrogens is 1. The van der Waals surface area contributed by atoms with Gasteiger partial charge in [-0.3, -0.25) is 14.7 Å².